The lowest BCUT2D eigenvalue weighted by Gasteiger charge is -2.36. The molecular weight excluding hydrogens is 336 g/mol. The van der Waals surface area contributed by atoms with Gasteiger partial charge in [0.25, 0.3) is 0 Å². The van der Waals surface area contributed by atoms with E-state index in [-0.39, 0.29) is 12.5 Å². The molecule has 3 heterocycles. The van der Waals surface area contributed by atoms with Crippen LogP contribution in [-0.2, 0) is 16.0 Å². The Morgan fingerprint density at radius 3 is 2.46 bits per heavy atom. The number of carbonyl (C=O) groups excluding carboxylic acids is 1. The van der Waals surface area contributed by atoms with Gasteiger partial charge in [-0.3, -0.25) is 4.79 Å². The third kappa shape index (κ3) is 4.25. The summed E-state index contributed by atoms with van der Waals surface area (Å²) < 4.78 is 7.26. The number of aliphatic carboxylic acids is 1. The Balaban J connectivity index is 1.65. The smallest absolute Gasteiger partial charge is 0.410 e. The van der Waals surface area contributed by atoms with Crippen molar-refractivity contribution in [1.29, 1.82) is 0 Å². The number of carboxylic acid groups (broad SMARTS) is 1. The van der Waals surface area contributed by atoms with Crippen molar-refractivity contribution in [2.45, 2.75) is 32.8 Å². The van der Waals surface area contributed by atoms with E-state index in [0.717, 1.165) is 11.3 Å². The second-order valence-electron chi connectivity index (χ2n) is 7.41. The molecule has 8 heteroatoms. The zero-order valence-electron chi connectivity index (χ0n) is 15.3. The van der Waals surface area contributed by atoms with Gasteiger partial charge in [0, 0.05) is 38.6 Å². The monoisotopic (exact) mass is 360 g/mol. The van der Waals surface area contributed by atoms with E-state index in [1.807, 2.05) is 43.5 Å². The van der Waals surface area contributed by atoms with Gasteiger partial charge in [-0.15, -0.1) is 0 Å². The third-order valence-corrected chi connectivity index (χ3v) is 4.11. The minimum atomic E-state index is -0.896. The van der Waals surface area contributed by atoms with Crippen LogP contribution in [0.1, 0.15) is 26.5 Å². The van der Waals surface area contributed by atoms with Crippen LogP contribution in [0.15, 0.2) is 24.5 Å². The van der Waals surface area contributed by atoms with Gasteiger partial charge in [0.2, 0.25) is 0 Å². The molecule has 1 saturated heterocycles. The van der Waals surface area contributed by atoms with Crippen molar-refractivity contribution in [1.82, 2.24) is 14.3 Å². The fourth-order valence-corrected chi connectivity index (χ4v) is 2.93. The minimum Gasteiger partial charge on any atom is -0.481 e. The van der Waals surface area contributed by atoms with Crippen molar-refractivity contribution < 1.29 is 19.4 Å². The molecule has 140 valence electrons. The first-order chi connectivity index (χ1) is 12.2. The Bertz CT molecular complexity index is 816. The quantitative estimate of drug-likeness (QED) is 0.901. The van der Waals surface area contributed by atoms with Gasteiger partial charge in [-0.1, -0.05) is 0 Å². The Labute approximate surface area is 152 Å². The van der Waals surface area contributed by atoms with Crippen molar-refractivity contribution in [3.05, 3.63) is 30.2 Å². The number of carboxylic acids is 1. The van der Waals surface area contributed by atoms with E-state index in [1.165, 1.54) is 0 Å². The molecule has 0 aliphatic carbocycles. The molecule has 2 aromatic rings. The van der Waals surface area contributed by atoms with Crippen molar-refractivity contribution in [2.24, 2.45) is 0 Å². The SMILES string of the molecule is CC(C)(C)OC(=O)N1CCN(c2ccc3nc(CC(=O)O)cn3c2)CC1. The van der Waals surface area contributed by atoms with Crippen molar-refractivity contribution in [2.75, 3.05) is 31.1 Å². The number of amides is 1. The highest BCUT2D eigenvalue weighted by atomic mass is 16.6. The van der Waals surface area contributed by atoms with Crippen LogP contribution >= 0.6 is 0 Å². The van der Waals surface area contributed by atoms with E-state index in [9.17, 15) is 9.59 Å². The largest absolute Gasteiger partial charge is 0.481 e. The number of carbonyl (C=O) groups is 2. The summed E-state index contributed by atoms with van der Waals surface area (Å²) in [7, 11) is 0. The number of hydrogen-bond donors (Lipinski definition) is 1. The number of imidazole rings is 1. The maximum atomic E-state index is 12.1. The maximum Gasteiger partial charge on any atom is 0.410 e. The number of hydrogen-bond acceptors (Lipinski definition) is 5. The highest BCUT2D eigenvalue weighted by Gasteiger charge is 2.26. The number of aromatic nitrogens is 2. The van der Waals surface area contributed by atoms with E-state index < -0.39 is 11.6 Å². The van der Waals surface area contributed by atoms with E-state index in [4.69, 9.17) is 9.84 Å². The van der Waals surface area contributed by atoms with Crippen LogP contribution in [0.3, 0.4) is 0 Å². The molecule has 8 nitrogen and oxygen atoms in total. The zero-order chi connectivity index (χ0) is 18.9. The van der Waals surface area contributed by atoms with E-state index in [0.29, 0.717) is 31.9 Å². The summed E-state index contributed by atoms with van der Waals surface area (Å²) in [5.74, 6) is -0.896. The molecule has 0 aromatic carbocycles. The number of rotatable bonds is 3. The summed E-state index contributed by atoms with van der Waals surface area (Å²) >= 11 is 0. The minimum absolute atomic E-state index is 0.0917. The number of nitrogens with zero attached hydrogens (tertiary/aromatic N) is 4. The van der Waals surface area contributed by atoms with Gasteiger partial charge in [-0.2, -0.15) is 0 Å². The lowest BCUT2D eigenvalue weighted by molar-refractivity contribution is -0.136. The highest BCUT2D eigenvalue weighted by Crippen LogP contribution is 2.19. The standard InChI is InChI=1S/C18H24N4O4/c1-18(2,3)26-17(25)21-8-6-20(7-9-21)14-4-5-15-19-13(10-16(23)24)11-22(15)12-14/h4-5,11-12H,6-10H2,1-3H3,(H,23,24). The molecule has 26 heavy (non-hydrogen) atoms. The van der Waals surface area contributed by atoms with Crippen LogP contribution in [0.4, 0.5) is 10.5 Å². The normalized spacial score (nSPS) is 15.3. The summed E-state index contributed by atoms with van der Waals surface area (Å²) in [6.45, 7) is 8.20. The Morgan fingerprint density at radius 1 is 1.15 bits per heavy atom. The molecular formula is C18H24N4O4. The number of piperazine rings is 1. The molecule has 1 aliphatic rings. The molecule has 0 bridgehead atoms. The van der Waals surface area contributed by atoms with Gasteiger partial charge in [0.15, 0.2) is 0 Å². The molecule has 0 spiro atoms. The lowest BCUT2D eigenvalue weighted by atomic mass is 10.2. The van der Waals surface area contributed by atoms with Gasteiger partial charge in [-0.05, 0) is 32.9 Å². The van der Waals surface area contributed by atoms with Crippen LogP contribution in [-0.4, -0.2) is 63.2 Å². The molecule has 0 atom stereocenters. The van der Waals surface area contributed by atoms with Crippen LogP contribution in [0.25, 0.3) is 5.65 Å². The van der Waals surface area contributed by atoms with Crippen LogP contribution in [0.2, 0.25) is 0 Å². The Morgan fingerprint density at radius 2 is 1.85 bits per heavy atom. The Hall–Kier alpha value is -2.77. The van der Waals surface area contributed by atoms with Gasteiger partial charge in [0.05, 0.1) is 17.8 Å². The van der Waals surface area contributed by atoms with Crippen LogP contribution < -0.4 is 4.90 Å². The molecule has 0 radical (unpaired) electrons. The molecule has 0 unspecified atom stereocenters. The molecule has 3 rings (SSSR count). The predicted molar refractivity (Wildman–Crippen MR) is 96.6 cm³/mol. The van der Waals surface area contributed by atoms with E-state index in [2.05, 4.69) is 9.88 Å². The molecule has 1 N–H and O–H groups in total. The molecule has 0 saturated carbocycles. The summed E-state index contributed by atoms with van der Waals surface area (Å²) in [5.41, 5.74) is 1.77. The molecule has 2 aromatic heterocycles. The van der Waals surface area contributed by atoms with Gasteiger partial charge in [0.1, 0.15) is 11.2 Å². The van der Waals surface area contributed by atoms with Crippen molar-refractivity contribution >= 4 is 23.4 Å². The zero-order valence-corrected chi connectivity index (χ0v) is 15.3. The van der Waals surface area contributed by atoms with Crippen molar-refractivity contribution in [3.63, 3.8) is 0 Å². The van der Waals surface area contributed by atoms with Gasteiger partial charge >= 0.3 is 12.1 Å². The number of fused-ring (bicyclic) bond motifs is 1. The maximum absolute atomic E-state index is 12.1. The summed E-state index contributed by atoms with van der Waals surface area (Å²) in [6.07, 6.45) is 3.31. The summed E-state index contributed by atoms with van der Waals surface area (Å²) in [5, 5.41) is 8.89. The molecule has 1 aliphatic heterocycles. The van der Waals surface area contributed by atoms with Crippen LogP contribution in [0.5, 0.6) is 0 Å². The average Bonchev–Trinajstić information content (AvgIpc) is 2.93. The summed E-state index contributed by atoms with van der Waals surface area (Å²) in [6, 6.07) is 3.84. The Kier molecular flexibility index (Phi) is 4.76. The highest BCUT2D eigenvalue weighted by molar-refractivity contribution is 5.70. The topological polar surface area (TPSA) is 87.4 Å². The van der Waals surface area contributed by atoms with Gasteiger partial charge in [-0.25, -0.2) is 9.78 Å². The second kappa shape index (κ2) is 6.86. The average molecular weight is 360 g/mol. The molecule has 1 fully saturated rings. The second-order valence-corrected chi connectivity index (χ2v) is 7.41. The van der Waals surface area contributed by atoms with E-state index in [1.54, 1.807) is 11.1 Å². The number of anilines is 1. The number of ether oxygens (including phenoxy) is 1. The first-order valence-corrected chi connectivity index (χ1v) is 8.63. The van der Waals surface area contributed by atoms with Gasteiger partial charge < -0.3 is 24.0 Å². The molecule has 1 amide bonds. The fourth-order valence-electron chi connectivity index (χ4n) is 2.93. The number of pyridine rings is 1. The fraction of sp³-hybridized carbons (Fsp3) is 0.500. The predicted octanol–water partition coefficient (Wildman–Crippen LogP) is 2.02. The summed E-state index contributed by atoms with van der Waals surface area (Å²) in [4.78, 5) is 31.2. The first-order valence-electron chi connectivity index (χ1n) is 8.63. The first kappa shape index (κ1) is 18.0. The van der Waals surface area contributed by atoms with Crippen molar-refractivity contribution in [3.8, 4) is 0 Å². The third-order valence-electron chi connectivity index (χ3n) is 4.11. The van der Waals surface area contributed by atoms with E-state index >= 15 is 0 Å². The van der Waals surface area contributed by atoms with Crippen LogP contribution in [0, 0.1) is 0 Å². The lowest BCUT2D eigenvalue weighted by Crippen LogP contribution is -2.50.